The van der Waals surface area contributed by atoms with Gasteiger partial charge in [0.25, 0.3) is 5.91 Å². The first-order valence-corrected chi connectivity index (χ1v) is 10.3. The molecule has 3 aromatic rings. The normalized spacial score (nSPS) is 16.0. The lowest BCUT2D eigenvalue weighted by atomic mass is 9.96. The van der Waals surface area contributed by atoms with Crippen molar-refractivity contribution < 1.29 is 14.3 Å². The largest absolute Gasteiger partial charge is 0.497 e. The molecule has 1 atom stereocenters. The van der Waals surface area contributed by atoms with Crippen LogP contribution in [0.4, 0.5) is 0 Å². The second kappa shape index (κ2) is 9.42. The highest BCUT2D eigenvalue weighted by Gasteiger charge is 2.29. The van der Waals surface area contributed by atoms with Gasteiger partial charge < -0.3 is 15.0 Å². The number of nitrogens with one attached hydrogen (secondary N) is 2. The third kappa shape index (κ3) is 4.91. The number of carbonyl (C=O) groups is 2. The number of methoxy groups -OCH3 is 1. The fraction of sp³-hybridized carbons (Fsp3) is 0.304. The number of aromatic nitrogens is 3. The van der Waals surface area contributed by atoms with Gasteiger partial charge in [0.05, 0.1) is 18.7 Å². The maximum atomic E-state index is 13.0. The molecule has 1 fully saturated rings. The Kier molecular flexibility index (Phi) is 6.26. The number of hydrogen-bond donors (Lipinski definition) is 2. The molecule has 1 aliphatic rings. The number of H-pyrrole nitrogens is 1. The van der Waals surface area contributed by atoms with Crippen LogP contribution in [-0.4, -0.2) is 52.1 Å². The number of nitrogens with zero attached hydrogens (tertiary/aromatic N) is 3. The van der Waals surface area contributed by atoms with Gasteiger partial charge in [-0.3, -0.25) is 19.7 Å². The number of amides is 2. The lowest BCUT2D eigenvalue weighted by molar-refractivity contribution is -0.126. The van der Waals surface area contributed by atoms with Crippen LogP contribution in [0.25, 0.3) is 11.3 Å². The van der Waals surface area contributed by atoms with E-state index in [0.29, 0.717) is 31.0 Å². The summed E-state index contributed by atoms with van der Waals surface area (Å²) >= 11 is 0. The second-order valence-corrected chi connectivity index (χ2v) is 7.56. The Morgan fingerprint density at radius 1 is 1.23 bits per heavy atom. The molecule has 2 amide bonds. The molecule has 8 heteroatoms. The molecule has 160 valence electrons. The van der Waals surface area contributed by atoms with Crippen LogP contribution in [0.15, 0.2) is 54.9 Å². The average molecular weight is 419 g/mol. The number of hydrogen-bond acceptors (Lipinski definition) is 5. The van der Waals surface area contributed by atoms with Gasteiger partial charge >= 0.3 is 0 Å². The molecule has 0 spiro atoms. The molecule has 4 rings (SSSR count). The number of ether oxygens (including phenoxy) is 1. The smallest absolute Gasteiger partial charge is 0.271 e. The summed E-state index contributed by atoms with van der Waals surface area (Å²) in [7, 11) is 1.62. The SMILES string of the molecule is COc1cccc(CNC(=O)C2CCCN(C(=O)c3cc(-c4ccncc4)n[nH]3)C2)c1. The first-order valence-electron chi connectivity index (χ1n) is 10.3. The Morgan fingerprint density at radius 3 is 2.87 bits per heavy atom. The van der Waals surface area contributed by atoms with Crippen LogP contribution < -0.4 is 10.1 Å². The summed E-state index contributed by atoms with van der Waals surface area (Å²) in [4.78, 5) is 31.4. The molecule has 0 saturated carbocycles. The molecular weight excluding hydrogens is 394 g/mol. The first-order chi connectivity index (χ1) is 15.1. The van der Waals surface area contributed by atoms with Crippen LogP contribution in [0.5, 0.6) is 5.75 Å². The Labute approximate surface area is 180 Å². The predicted octanol–water partition coefficient (Wildman–Crippen LogP) is 2.65. The first kappa shape index (κ1) is 20.6. The van der Waals surface area contributed by atoms with Crippen LogP contribution >= 0.6 is 0 Å². The number of pyridine rings is 1. The minimum atomic E-state index is -0.231. The van der Waals surface area contributed by atoms with Gasteiger partial charge in [-0.2, -0.15) is 5.10 Å². The van der Waals surface area contributed by atoms with Crippen molar-refractivity contribution in [1.82, 2.24) is 25.4 Å². The van der Waals surface area contributed by atoms with E-state index in [1.165, 1.54) is 0 Å². The van der Waals surface area contributed by atoms with E-state index in [-0.39, 0.29) is 17.7 Å². The maximum Gasteiger partial charge on any atom is 0.271 e. The highest BCUT2D eigenvalue weighted by atomic mass is 16.5. The van der Waals surface area contributed by atoms with Gasteiger partial charge in [-0.15, -0.1) is 0 Å². The third-order valence-corrected chi connectivity index (χ3v) is 5.46. The summed E-state index contributed by atoms with van der Waals surface area (Å²) in [6.45, 7) is 1.45. The Bertz CT molecular complexity index is 1050. The van der Waals surface area contributed by atoms with Gasteiger partial charge in [0.15, 0.2) is 0 Å². The van der Waals surface area contributed by atoms with E-state index in [1.807, 2.05) is 36.4 Å². The Balaban J connectivity index is 1.36. The number of benzene rings is 1. The van der Waals surface area contributed by atoms with Crippen molar-refractivity contribution in [3.05, 3.63) is 66.1 Å². The van der Waals surface area contributed by atoms with Crippen LogP contribution in [-0.2, 0) is 11.3 Å². The van der Waals surface area contributed by atoms with E-state index in [4.69, 9.17) is 4.74 Å². The zero-order chi connectivity index (χ0) is 21.6. The molecule has 3 heterocycles. The summed E-state index contributed by atoms with van der Waals surface area (Å²) in [5, 5.41) is 10.1. The van der Waals surface area contributed by atoms with E-state index >= 15 is 0 Å². The fourth-order valence-electron chi connectivity index (χ4n) is 3.76. The summed E-state index contributed by atoms with van der Waals surface area (Å²) in [5.74, 6) is 0.346. The van der Waals surface area contributed by atoms with Crippen molar-refractivity contribution in [2.45, 2.75) is 19.4 Å². The van der Waals surface area contributed by atoms with Gasteiger partial charge in [-0.1, -0.05) is 12.1 Å². The molecule has 0 radical (unpaired) electrons. The average Bonchev–Trinajstić information content (AvgIpc) is 3.33. The van der Waals surface area contributed by atoms with Crippen LogP contribution in [0, 0.1) is 5.92 Å². The fourth-order valence-corrected chi connectivity index (χ4v) is 3.76. The summed E-state index contributed by atoms with van der Waals surface area (Å²) in [6.07, 6.45) is 4.92. The number of aromatic amines is 1. The van der Waals surface area contributed by atoms with Crippen LogP contribution in [0.2, 0.25) is 0 Å². The number of rotatable bonds is 6. The van der Waals surface area contributed by atoms with Crippen molar-refractivity contribution in [2.75, 3.05) is 20.2 Å². The molecule has 8 nitrogen and oxygen atoms in total. The zero-order valence-corrected chi connectivity index (χ0v) is 17.4. The van der Waals surface area contributed by atoms with Crippen molar-refractivity contribution >= 4 is 11.8 Å². The monoisotopic (exact) mass is 419 g/mol. The molecular formula is C23H25N5O3. The quantitative estimate of drug-likeness (QED) is 0.640. The van der Waals surface area contributed by atoms with Gasteiger partial charge in [0.1, 0.15) is 11.4 Å². The molecule has 1 aliphatic heterocycles. The molecule has 1 saturated heterocycles. The number of carbonyl (C=O) groups excluding carboxylic acids is 2. The molecule has 0 bridgehead atoms. The highest BCUT2D eigenvalue weighted by molar-refractivity contribution is 5.94. The number of likely N-dealkylation sites (tertiary alicyclic amines) is 1. The molecule has 2 aromatic heterocycles. The maximum absolute atomic E-state index is 13.0. The zero-order valence-electron chi connectivity index (χ0n) is 17.4. The predicted molar refractivity (Wildman–Crippen MR) is 115 cm³/mol. The van der Waals surface area contributed by atoms with E-state index < -0.39 is 0 Å². The molecule has 31 heavy (non-hydrogen) atoms. The summed E-state index contributed by atoms with van der Waals surface area (Å²) in [5.41, 5.74) is 2.97. The van der Waals surface area contributed by atoms with Gasteiger partial charge in [-0.25, -0.2) is 0 Å². The molecule has 1 unspecified atom stereocenters. The summed E-state index contributed by atoms with van der Waals surface area (Å²) < 4.78 is 5.22. The van der Waals surface area contributed by atoms with Gasteiger partial charge in [0.2, 0.25) is 5.91 Å². The standard InChI is InChI=1S/C23H25N5O3/c1-31-19-6-2-4-16(12-19)14-25-22(29)18-5-3-11-28(15-18)23(30)21-13-20(26-27-21)17-7-9-24-10-8-17/h2,4,6-10,12-13,18H,3,5,11,14-15H2,1H3,(H,25,29)(H,26,27). The minimum absolute atomic E-state index is 0.0394. The number of piperidine rings is 1. The molecule has 2 N–H and O–H groups in total. The van der Waals surface area contributed by atoms with Crippen LogP contribution in [0.3, 0.4) is 0 Å². The van der Waals surface area contributed by atoms with E-state index in [1.54, 1.807) is 30.5 Å². The third-order valence-electron chi connectivity index (χ3n) is 5.46. The lowest BCUT2D eigenvalue weighted by Gasteiger charge is -2.31. The van der Waals surface area contributed by atoms with Gasteiger partial charge in [0, 0.05) is 37.6 Å². The topological polar surface area (TPSA) is 100 Å². The molecule has 1 aromatic carbocycles. The van der Waals surface area contributed by atoms with Gasteiger partial charge in [-0.05, 0) is 48.7 Å². The van der Waals surface area contributed by atoms with Crippen molar-refractivity contribution in [1.29, 1.82) is 0 Å². The van der Waals surface area contributed by atoms with Crippen molar-refractivity contribution in [3.63, 3.8) is 0 Å². The van der Waals surface area contributed by atoms with Crippen molar-refractivity contribution in [3.8, 4) is 17.0 Å². The summed E-state index contributed by atoms with van der Waals surface area (Å²) in [6, 6.07) is 13.0. The second-order valence-electron chi connectivity index (χ2n) is 7.56. The Morgan fingerprint density at radius 2 is 2.06 bits per heavy atom. The minimum Gasteiger partial charge on any atom is -0.497 e. The Hall–Kier alpha value is -3.68. The molecule has 0 aliphatic carbocycles. The van der Waals surface area contributed by atoms with Crippen LogP contribution in [0.1, 0.15) is 28.9 Å². The van der Waals surface area contributed by atoms with Crippen molar-refractivity contribution in [2.24, 2.45) is 5.92 Å². The highest BCUT2D eigenvalue weighted by Crippen LogP contribution is 2.21. The van der Waals surface area contributed by atoms with E-state index in [2.05, 4.69) is 20.5 Å². The van der Waals surface area contributed by atoms with E-state index in [9.17, 15) is 9.59 Å². The van der Waals surface area contributed by atoms with E-state index in [0.717, 1.165) is 29.7 Å². The lowest BCUT2D eigenvalue weighted by Crippen LogP contribution is -2.45.